The van der Waals surface area contributed by atoms with Crippen LogP contribution in [-0.2, 0) is 10.8 Å². The van der Waals surface area contributed by atoms with Crippen molar-refractivity contribution in [3.05, 3.63) is 247 Å². The summed E-state index contributed by atoms with van der Waals surface area (Å²) in [7, 11) is 0. The van der Waals surface area contributed by atoms with Gasteiger partial charge in [-0.25, -0.2) is 0 Å². The molecule has 0 unspecified atom stereocenters. The van der Waals surface area contributed by atoms with E-state index in [0.717, 1.165) is 17.1 Å². The van der Waals surface area contributed by atoms with Gasteiger partial charge in [-0.1, -0.05) is 204 Å². The van der Waals surface area contributed by atoms with Crippen molar-refractivity contribution in [3.63, 3.8) is 0 Å². The number of anilines is 3. The first-order valence-corrected chi connectivity index (χ1v) is 22.9. The number of rotatable bonds is 7. The summed E-state index contributed by atoms with van der Waals surface area (Å²) in [4.78, 5) is 2.48. The van der Waals surface area contributed by atoms with Gasteiger partial charge in [-0.15, -0.1) is 0 Å². The van der Waals surface area contributed by atoms with Gasteiger partial charge < -0.3 is 4.90 Å². The molecule has 10 aromatic rings. The summed E-state index contributed by atoms with van der Waals surface area (Å²) in [6.07, 6.45) is 0. The molecule has 0 bridgehead atoms. The maximum Gasteiger partial charge on any atom is 0.0465 e. The standard InChI is InChI=1S/C64H49N/c1-63(2)57-28-16-26-52(43-18-8-5-9-19-43)61(57)54-36-34-49(40-59(54)63)65(50-35-37-55-60(41-50)64(3,4)58-29-17-27-53(62(55)58)44-20-10-6-11-21-44)48-32-30-42(31-33-48)47-38-46-24-14-15-25-51(46)56(39-47)45-22-12-7-13-23-45/h5-41H,1-4H3. The van der Waals surface area contributed by atoms with Crippen LogP contribution in [0.15, 0.2) is 224 Å². The van der Waals surface area contributed by atoms with Gasteiger partial charge in [-0.3, -0.25) is 0 Å². The average molecular weight is 832 g/mol. The van der Waals surface area contributed by atoms with E-state index < -0.39 is 0 Å². The second-order valence-corrected chi connectivity index (χ2v) is 18.9. The largest absolute Gasteiger partial charge is 0.310 e. The van der Waals surface area contributed by atoms with Crippen LogP contribution >= 0.6 is 0 Å². The van der Waals surface area contributed by atoms with Crippen molar-refractivity contribution < 1.29 is 0 Å². The molecular weight excluding hydrogens is 783 g/mol. The monoisotopic (exact) mass is 831 g/mol. The van der Waals surface area contributed by atoms with Crippen LogP contribution in [0.2, 0.25) is 0 Å². The molecule has 2 aliphatic rings. The van der Waals surface area contributed by atoms with Gasteiger partial charge >= 0.3 is 0 Å². The maximum atomic E-state index is 2.48. The highest BCUT2D eigenvalue weighted by molar-refractivity contribution is 6.01. The number of hydrogen-bond donors (Lipinski definition) is 0. The molecule has 1 heteroatoms. The number of nitrogens with zero attached hydrogens (tertiary/aromatic N) is 1. The first kappa shape index (κ1) is 38.9. The Hall–Kier alpha value is -7.74. The van der Waals surface area contributed by atoms with Crippen LogP contribution < -0.4 is 4.90 Å². The Kier molecular flexibility index (Phi) is 8.94. The first-order valence-electron chi connectivity index (χ1n) is 22.9. The van der Waals surface area contributed by atoms with Crippen LogP contribution in [0.25, 0.3) is 77.5 Å². The number of hydrogen-bond acceptors (Lipinski definition) is 1. The van der Waals surface area contributed by atoms with Crippen LogP contribution in [0, 0.1) is 0 Å². The minimum atomic E-state index is -0.192. The molecule has 0 saturated heterocycles. The fourth-order valence-corrected chi connectivity index (χ4v) is 11.1. The van der Waals surface area contributed by atoms with E-state index >= 15 is 0 Å². The molecule has 0 aliphatic heterocycles. The van der Waals surface area contributed by atoms with E-state index in [4.69, 9.17) is 0 Å². The van der Waals surface area contributed by atoms with Crippen molar-refractivity contribution in [1.29, 1.82) is 0 Å². The summed E-state index contributed by atoms with van der Waals surface area (Å²) in [5, 5.41) is 2.50. The quantitative estimate of drug-likeness (QED) is 0.155. The zero-order valence-corrected chi connectivity index (χ0v) is 37.3. The third kappa shape index (κ3) is 6.21. The molecule has 0 fully saturated rings. The summed E-state index contributed by atoms with van der Waals surface area (Å²) in [6, 6.07) is 83.2. The molecule has 0 spiro atoms. The lowest BCUT2D eigenvalue weighted by molar-refractivity contribution is 0.660. The van der Waals surface area contributed by atoms with E-state index in [-0.39, 0.29) is 10.8 Å². The molecule has 0 saturated carbocycles. The van der Waals surface area contributed by atoms with Crippen molar-refractivity contribution in [2.24, 2.45) is 0 Å². The fourth-order valence-electron chi connectivity index (χ4n) is 11.1. The van der Waals surface area contributed by atoms with Crippen molar-refractivity contribution in [2.45, 2.75) is 38.5 Å². The van der Waals surface area contributed by atoms with Crippen molar-refractivity contribution in [3.8, 4) is 66.8 Å². The van der Waals surface area contributed by atoms with Gasteiger partial charge in [-0.2, -0.15) is 0 Å². The highest BCUT2D eigenvalue weighted by Gasteiger charge is 2.39. The molecule has 65 heavy (non-hydrogen) atoms. The Morgan fingerprint density at radius 1 is 0.277 bits per heavy atom. The van der Waals surface area contributed by atoms with Gasteiger partial charge in [0.2, 0.25) is 0 Å². The molecule has 10 aromatic carbocycles. The molecular formula is C64H49N. The topological polar surface area (TPSA) is 3.24 Å². The highest BCUT2D eigenvalue weighted by Crippen LogP contribution is 2.56. The van der Waals surface area contributed by atoms with Crippen molar-refractivity contribution in [1.82, 2.24) is 0 Å². The second kappa shape index (κ2) is 14.9. The van der Waals surface area contributed by atoms with E-state index in [2.05, 4.69) is 257 Å². The SMILES string of the molecule is CC1(C)c2cc(N(c3ccc(-c4cc(-c5ccccc5)c5ccccc5c4)cc3)c3ccc4c(c3)C(C)(C)c3cccc(-c5ccccc5)c3-4)ccc2-c2c(-c3ccccc3)cccc21. The second-order valence-electron chi connectivity index (χ2n) is 18.9. The molecule has 0 aromatic heterocycles. The van der Waals surface area contributed by atoms with Gasteiger partial charge in [0, 0.05) is 27.9 Å². The van der Waals surface area contributed by atoms with E-state index in [0.29, 0.717) is 0 Å². The summed E-state index contributed by atoms with van der Waals surface area (Å²) >= 11 is 0. The normalized spacial score (nSPS) is 13.8. The highest BCUT2D eigenvalue weighted by atomic mass is 15.1. The summed E-state index contributed by atoms with van der Waals surface area (Å²) in [5.74, 6) is 0. The van der Waals surface area contributed by atoms with Crippen LogP contribution in [0.3, 0.4) is 0 Å². The predicted octanol–water partition coefficient (Wildman–Crippen LogP) is 17.6. The van der Waals surface area contributed by atoms with Gasteiger partial charge in [-0.05, 0) is 148 Å². The molecule has 12 rings (SSSR count). The third-order valence-corrected chi connectivity index (χ3v) is 14.5. The van der Waals surface area contributed by atoms with E-state index in [9.17, 15) is 0 Å². The van der Waals surface area contributed by atoms with Gasteiger partial charge in [0.1, 0.15) is 0 Å². The minimum absolute atomic E-state index is 0.192. The Morgan fingerprint density at radius 2 is 0.723 bits per heavy atom. The van der Waals surface area contributed by atoms with Crippen molar-refractivity contribution >= 4 is 27.8 Å². The summed E-state index contributed by atoms with van der Waals surface area (Å²) in [6.45, 7) is 9.56. The summed E-state index contributed by atoms with van der Waals surface area (Å²) in [5.41, 5.74) is 23.7. The lowest BCUT2D eigenvalue weighted by atomic mass is 9.81. The molecule has 1 nitrogen and oxygen atoms in total. The summed E-state index contributed by atoms with van der Waals surface area (Å²) < 4.78 is 0. The van der Waals surface area contributed by atoms with Gasteiger partial charge in [0.05, 0.1) is 0 Å². The molecule has 0 atom stereocenters. The number of benzene rings is 10. The average Bonchev–Trinajstić information content (AvgIpc) is 3.73. The van der Waals surface area contributed by atoms with Crippen LogP contribution in [0.1, 0.15) is 49.9 Å². The fraction of sp³-hybridized carbons (Fsp3) is 0.0938. The maximum absolute atomic E-state index is 2.48. The molecule has 310 valence electrons. The molecule has 0 N–H and O–H groups in total. The Bertz CT molecular complexity index is 3300. The van der Waals surface area contributed by atoms with Crippen LogP contribution in [-0.4, -0.2) is 0 Å². The lowest BCUT2D eigenvalue weighted by Crippen LogP contribution is -2.18. The lowest BCUT2D eigenvalue weighted by Gasteiger charge is -2.30. The van der Waals surface area contributed by atoms with Gasteiger partial charge in [0.25, 0.3) is 0 Å². The smallest absolute Gasteiger partial charge is 0.0465 e. The van der Waals surface area contributed by atoms with Gasteiger partial charge in [0.15, 0.2) is 0 Å². The van der Waals surface area contributed by atoms with E-state index in [1.807, 2.05) is 0 Å². The Labute approximate surface area is 383 Å². The third-order valence-electron chi connectivity index (χ3n) is 14.5. The van der Waals surface area contributed by atoms with Crippen LogP contribution in [0.5, 0.6) is 0 Å². The zero-order chi connectivity index (χ0) is 43.9. The molecule has 0 heterocycles. The first-order chi connectivity index (χ1) is 31.8. The zero-order valence-electron chi connectivity index (χ0n) is 37.3. The number of fused-ring (bicyclic) bond motifs is 7. The Morgan fingerprint density at radius 3 is 1.23 bits per heavy atom. The Balaban J connectivity index is 1.02. The van der Waals surface area contributed by atoms with Crippen molar-refractivity contribution in [2.75, 3.05) is 4.90 Å². The van der Waals surface area contributed by atoms with E-state index in [1.54, 1.807) is 0 Å². The van der Waals surface area contributed by atoms with Crippen LogP contribution in [0.4, 0.5) is 17.1 Å². The molecule has 0 amide bonds. The van der Waals surface area contributed by atoms with E-state index in [1.165, 1.54) is 99.8 Å². The predicted molar refractivity (Wildman–Crippen MR) is 276 cm³/mol. The molecule has 0 radical (unpaired) electrons. The molecule has 2 aliphatic carbocycles. The minimum Gasteiger partial charge on any atom is -0.310 e.